The molecule has 0 bridgehead atoms. The topological polar surface area (TPSA) is 59.1 Å². The lowest BCUT2D eigenvalue weighted by Crippen LogP contribution is -2.50. The first-order valence-electron chi connectivity index (χ1n) is 8.77. The number of carbonyl (C=O) groups excluding carboxylic acids is 2. The number of halogens is 2. The third-order valence-electron chi connectivity index (χ3n) is 4.69. The fraction of sp³-hybridized carbons (Fsp3) is 0.556. The lowest BCUT2D eigenvalue weighted by molar-refractivity contribution is -0.144. The van der Waals surface area contributed by atoms with E-state index in [0.717, 1.165) is 12.8 Å². The van der Waals surface area contributed by atoms with Gasteiger partial charge in [-0.15, -0.1) is 0 Å². The van der Waals surface area contributed by atoms with E-state index < -0.39 is 5.82 Å². The Hall–Kier alpha value is -1.67. The van der Waals surface area contributed by atoms with Gasteiger partial charge >= 0.3 is 0 Å². The second-order valence-electron chi connectivity index (χ2n) is 6.48. The zero-order valence-electron chi connectivity index (χ0n) is 14.5. The van der Waals surface area contributed by atoms with Gasteiger partial charge in [-0.05, 0) is 31.0 Å². The second kappa shape index (κ2) is 8.81. The summed E-state index contributed by atoms with van der Waals surface area (Å²) < 4.78 is 25.0. The van der Waals surface area contributed by atoms with Crippen molar-refractivity contribution in [1.82, 2.24) is 9.80 Å². The van der Waals surface area contributed by atoms with Crippen molar-refractivity contribution >= 4 is 27.7 Å². The number of hydrogen-bond donors (Lipinski definition) is 0. The fourth-order valence-electron chi connectivity index (χ4n) is 3.27. The Balaban J connectivity index is 1.53. The number of hydrogen-bond acceptors (Lipinski definition) is 4. The number of benzene rings is 1. The molecule has 1 aromatic carbocycles. The smallest absolute Gasteiger partial charge is 0.260 e. The van der Waals surface area contributed by atoms with Crippen molar-refractivity contribution in [3.63, 3.8) is 0 Å². The molecule has 1 atom stereocenters. The molecule has 0 unspecified atom stereocenters. The summed E-state index contributed by atoms with van der Waals surface area (Å²) in [7, 11) is 0. The number of piperidine rings is 1. The van der Waals surface area contributed by atoms with E-state index in [2.05, 4.69) is 15.9 Å². The highest BCUT2D eigenvalue weighted by Crippen LogP contribution is 2.23. The van der Waals surface area contributed by atoms with Gasteiger partial charge in [-0.1, -0.05) is 15.9 Å². The van der Waals surface area contributed by atoms with Crippen molar-refractivity contribution < 1.29 is 23.5 Å². The van der Waals surface area contributed by atoms with Crippen molar-refractivity contribution in [3.8, 4) is 5.75 Å². The van der Waals surface area contributed by atoms with Gasteiger partial charge in [-0.2, -0.15) is 0 Å². The Kier molecular flexibility index (Phi) is 6.48. The zero-order valence-corrected chi connectivity index (χ0v) is 16.0. The Morgan fingerprint density at radius 2 is 2.00 bits per heavy atom. The van der Waals surface area contributed by atoms with Crippen LogP contribution in [0.25, 0.3) is 0 Å². The average Bonchev–Trinajstić information content (AvgIpc) is 2.67. The van der Waals surface area contributed by atoms with E-state index in [1.165, 1.54) is 12.1 Å². The van der Waals surface area contributed by atoms with E-state index in [-0.39, 0.29) is 30.1 Å². The molecular formula is C18H22BrFN2O4. The molecule has 0 aromatic heterocycles. The zero-order chi connectivity index (χ0) is 18.5. The van der Waals surface area contributed by atoms with Crippen molar-refractivity contribution in [3.05, 3.63) is 28.5 Å². The number of nitrogens with zero attached hydrogens (tertiary/aromatic N) is 2. The summed E-state index contributed by atoms with van der Waals surface area (Å²) in [6.45, 7) is 3.09. The maximum atomic E-state index is 13.8. The molecule has 0 radical (unpaired) electrons. The molecule has 2 amide bonds. The van der Waals surface area contributed by atoms with Gasteiger partial charge in [0.15, 0.2) is 18.2 Å². The highest BCUT2D eigenvalue weighted by atomic mass is 79.9. The predicted octanol–water partition coefficient (Wildman–Crippen LogP) is 2.06. The summed E-state index contributed by atoms with van der Waals surface area (Å²) >= 11 is 3.18. The molecular weight excluding hydrogens is 407 g/mol. The van der Waals surface area contributed by atoms with Gasteiger partial charge in [0, 0.05) is 30.7 Å². The van der Waals surface area contributed by atoms with Crippen molar-refractivity contribution in [1.29, 1.82) is 0 Å². The molecule has 3 rings (SSSR count). The fourth-order valence-corrected chi connectivity index (χ4v) is 3.60. The number of morpholine rings is 1. The standard InChI is InChI=1S/C18H22BrFN2O4/c19-14-3-4-16(15(20)10-14)26-12-17(23)22-5-1-2-13(11-22)18(24)21-6-8-25-9-7-21/h3-4,10,13H,1-2,5-9,11-12H2/t13-/m0/s1. The van der Waals surface area contributed by atoms with Crippen LogP contribution in [0.5, 0.6) is 5.75 Å². The highest BCUT2D eigenvalue weighted by Gasteiger charge is 2.32. The lowest BCUT2D eigenvalue weighted by Gasteiger charge is -2.36. The van der Waals surface area contributed by atoms with Crippen LogP contribution < -0.4 is 4.74 Å². The molecule has 0 spiro atoms. The SMILES string of the molecule is O=C(COc1ccc(Br)cc1F)N1CCC[C@H](C(=O)N2CCOCC2)C1. The molecule has 6 nitrogen and oxygen atoms in total. The van der Waals surface area contributed by atoms with Gasteiger partial charge in [-0.25, -0.2) is 4.39 Å². The van der Waals surface area contributed by atoms with E-state index in [4.69, 9.17) is 9.47 Å². The molecule has 2 heterocycles. The van der Waals surface area contributed by atoms with E-state index >= 15 is 0 Å². The van der Waals surface area contributed by atoms with Crippen molar-refractivity contribution in [2.45, 2.75) is 12.8 Å². The summed E-state index contributed by atoms with van der Waals surface area (Å²) in [6.07, 6.45) is 1.56. The monoisotopic (exact) mass is 428 g/mol. The van der Waals surface area contributed by atoms with Gasteiger partial charge in [0.05, 0.1) is 19.1 Å². The minimum atomic E-state index is -0.522. The molecule has 1 aromatic rings. The van der Waals surface area contributed by atoms with Gasteiger partial charge < -0.3 is 19.3 Å². The van der Waals surface area contributed by atoms with Crippen LogP contribution in [0.2, 0.25) is 0 Å². The molecule has 0 saturated carbocycles. The molecule has 2 aliphatic heterocycles. The lowest BCUT2D eigenvalue weighted by atomic mass is 9.96. The first-order valence-corrected chi connectivity index (χ1v) is 9.56. The average molecular weight is 429 g/mol. The van der Waals surface area contributed by atoms with Gasteiger partial charge in [0.25, 0.3) is 5.91 Å². The number of ether oxygens (including phenoxy) is 2. The molecule has 0 N–H and O–H groups in total. The summed E-state index contributed by atoms with van der Waals surface area (Å²) in [5.41, 5.74) is 0. The summed E-state index contributed by atoms with van der Waals surface area (Å²) in [4.78, 5) is 28.5. The van der Waals surface area contributed by atoms with Gasteiger partial charge in [0.2, 0.25) is 5.91 Å². The van der Waals surface area contributed by atoms with E-state index in [0.29, 0.717) is 43.9 Å². The molecule has 26 heavy (non-hydrogen) atoms. The van der Waals surface area contributed by atoms with E-state index in [1.807, 2.05) is 4.90 Å². The van der Waals surface area contributed by atoms with E-state index in [9.17, 15) is 14.0 Å². The van der Waals surface area contributed by atoms with Crippen LogP contribution >= 0.6 is 15.9 Å². The molecule has 0 aliphatic carbocycles. The number of carbonyl (C=O) groups is 2. The minimum Gasteiger partial charge on any atom is -0.481 e. The molecule has 8 heteroatoms. The first-order chi connectivity index (χ1) is 12.5. The van der Waals surface area contributed by atoms with Crippen LogP contribution in [-0.4, -0.2) is 67.6 Å². The molecule has 2 aliphatic rings. The Labute approximate surface area is 160 Å². The predicted molar refractivity (Wildman–Crippen MR) is 96.3 cm³/mol. The van der Waals surface area contributed by atoms with Crippen LogP contribution in [0.4, 0.5) is 4.39 Å². The molecule has 2 saturated heterocycles. The van der Waals surface area contributed by atoms with Crippen LogP contribution in [0.15, 0.2) is 22.7 Å². The normalized spacial score (nSPS) is 20.8. The second-order valence-corrected chi connectivity index (χ2v) is 7.40. The third kappa shape index (κ3) is 4.73. The maximum absolute atomic E-state index is 13.8. The largest absolute Gasteiger partial charge is 0.481 e. The van der Waals surface area contributed by atoms with Crippen molar-refractivity contribution in [2.24, 2.45) is 5.92 Å². The maximum Gasteiger partial charge on any atom is 0.260 e. The summed E-state index contributed by atoms with van der Waals surface area (Å²) in [6, 6.07) is 4.42. The van der Waals surface area contributed by atoms with Crippen LogP contribution in [0.3, 0.4) is 0 Å². The molecule has 142 valence electrons. The van der Waals surface area contributed by atoms with E-state index in [1.54, 1.807) is 11.0 Å². The summed E-state index contributed by atoms with van der Waals surface area (Å²) in [5.74, 6) is -0.807. The Bertz CT molecular complexity index is 667. The minimum absolute atomic E-state index is 0.0412. The molecule has 2 fully saturated rings. The quantitative estimate of drug-likeness (QED) is 0.736. The van der Waals surface area contributed by atoms with Gasteiger partial charge in [-0.3, -0.25) is 9.59 Å². The Morgan fingerprint density at radius 1 is 1.23 bits per heavy atom. The Morgan fingerprint density at radius 3 is 2.73 bits per heavy atom. The van der Waals surface area contributed by atoms with Crippen LogP contribution in [0, 0.1) is 11.7 Å². The van der Waals surface area contributed by atoms with Crippen LogP contribution in [0.1, 0.15) is 12.8 Å². The summed E-state index contributed by atoms with van der Waals surface area (Å²) in [5, 5.41) is 0. The number of likely N-dealkylation sites (tertiary alicyclic amines) is 1. The third-order valence-corrected chi connectivity index (χ3v) is 5.18. The van der Waals surface area contributed by atoms with Crippen molar-refractivity contribution in [2.75, 3.05) is 46.0 Å². The first kappa shape index (κ1) is 19.1. The number of amides is 2. The highest BCUT2D eigenvalue weighted by molar-refractivity contribution is 9.10. The number of rotatable bonds is 4. The van der Waals surface area contributed by atoms with Crippen LogP contribution in [-0.2, 0) is 14.3 Å². The van der Waals surface area contributed by atoms with Gasteiger partial charge in [0.1, 0.15) is 0 Å².